The van der Waals surface area contributed by atoms with Gasteiger partial charge in [0.1, 0.15) is 6.54 Å². The van der Waals surface area contributed by atoms with Crippen LogP contribution in [0.1, 0.15) is 10.4 Å². The molecule has 1 aromatic rings. The van der Waals surface area contributed by atoms with E-state index >= 15 is 0 Å². The van der Waals surface area contributed by atoms with Gasteiger partial charge in [-0.25, -0.2) is 0 Å². The number of hydrogen-bond acceptors (Lipinski definition) is 3. The summed E-state index contributed by atoms with van der Waals surface area (Å²) in [5.41, 5.74) is 10.4. The van der Waals surface area contributed by atoms with Crippen LogP contribution in [0.5, 0.6) is 0 Å². The van der Waals surface area contributed by atoms with E-state index in [9.17, 15) is 18.0 Å². The molecule has 0 aliphatic rings. The molecule has 0 saturated heterocycles. The van der Waals surface area contributed by atoms with Gasteiger partial charge in [0.25, 0.3) is 5.91 Å². The Morgan fingerprint density at radius 3 is 2.50 bits per heavy atom. The Labute approximate surface area is 89.4 Å². The first-order valence-electron chi connectivity index (χ1n) is 4.30. The lowest BCUT2D eigenvalue weighted by Gasteiger charge is -2.12. The molecular formula is C9H10F3N3O. The van der Waals surface area contributed by atoms with Gasteiger partial charge in [0.15, 0.2) is 0 Å². The minimum Gasteiger partial charge on any atom is -0.396 e. The van der Waals surface area contributed by atoms with Crippen LogP contribution in [0, 0.1) is 0 Å². The van der Waals surface area contributed by atoms with Crippen LogP contribution in [0.2, 0.25) is 0 Å². The zero-order valence-corrected chi connectivity index (χ0v) is 8.14. The number of carbonyl (C=O) groups is 1. The molecule has 0 unspecified atom stereocenters. The number of anilines is 2. The Bertz CT molecular complexity index is 403. The molecule has 1 rings (SSSR count). The number of primary amides is 1. The van der Waals surface area contributed by atoms with E-state index in [0.29, 0.717) is 0 Å². The monoisotopic (exact) mass is 233 g/mol. The van der Waals surface area contributed by atoms with Crippen LogP contribution < -0.4 is 16.8 Å². The van der Waals surface area contributed by atoms with Crippen molar-refractivity contribution in [1.82, 2.24) is 0 Å². The summed E-state index contributed by atoms with van der Waals surface area (Å²) in [4.78, 5) is 10.9. The number of nitrogens with two attached hydrogens (primary N) is 2. The number of nitrogen functional groups attached to an aromatic ring is 1. The number of amides is 1. The molecule has 0 spiro atoms. The summed E-state index contributed by atoms with van der Waals surface area (Å²) in [6, 6.07) is 4.08. The van der Waals surface area contributed by atoms with Gasteiger partial charge in [-0.2, -0.15) is 13.2 Å². The lowest BCUT2D eigenvalue weighted by Crippen LogP contribution is -2.22. The third-order valence-electron chi connectivity index (χ3n) is 1.85. The molecule has 5 N–H and O–H groups in total. The number of nitrogens with one attached hydrogen (secondary N) is 1. The first-order chi connectivity index (χ1) is 7.31. The minimum atomic E-state index is -4.35. The van der Waals surface area contributed by atoms with Gasteiger partial charge >= 0.3 is 6.18 Å². The van der Waals surface area contributed by atoms with Gasteiger partial charge in [-0.15, -0.1) is 0 Å². The molecule has 1 amide bonds. The van der Waals surface area contributed by atoms with Crippen LogP contribution in [0.25, 0.3) is 0 Å². The molecular weight excluding hydrogens is 223 g/mol. The average Bonchev–Trinajstić information content (AvgIpc) is 2.14. The largest absolute Gasteiger partial charge is 0.405 e. The van der Waals surface area contributed by atoms with E-state index in [4.69, 9.17) is 11.5 Å². The van der Waals surface area contributed by atoms with Crippen molar-refractivity contribution in [3.63, 3.8) is 0 Å². The van der Waals surface area contributed by atoms with Crippen LogP contribution in [0.4, 0.5) is 24.5 Å². The first kappa shape index (κ1) is 12.2. The van der Waals surface area contributed by atoms with Crippen molar-refractivity contribution in [3.05, 3.63) is 23.8 Å². The second-order valence-electron chi connectivity index (χ2n) is 3.10. The summed E-state index contributed by atoms with van der Waals surface area (Å²) in [6.07, 6.45) is -4.35. The molecule has 4 nitrogen and oxygen atoms in total. The van der Waals surface area contributed by atoms with E-state index in [2.05, 4.69) is 5.32 Å². The summed E-state index contributed by atoms with van der Waals surface area (Å²) in [6.45, 7) is -1.22. The predicted molar refractivity (Wildman–Crippen MR) is 53.9 cm³/mol. The Hall–Kier alpha value is -1.92. The number of alkyl halides is 3. The maximum absolute atomic E-state index is 11.9. The molecule has 16 heavy (non-hydrogen) atoms. The van der Waals surface area contributed by atoms with E-state index in [1.54, 1.807) is 0 Å². The Morgan fingerprint density at radius 2 is 2.00 bits per heavy atom. The molecule has 88 valence electrons. The SMILES string of the molecule is NC(=O)c1cccc(NCC(F)(F)F)c1N. The molecule has 0 radical (unpaired) electrons. The van der Waals surface area contributed by atoms with Crippen molar-refractivity contribution in [2.45, 2.75) is 6.18 Å². The highest BCUT2D eigenvalue weighted by Crippen LogP contribution is 2.24. The van der Waals surface area contributed by atoms with Crippen molar-refractivity contribution >= 4 is 17.3 Å². The number of rotatable bonds is 3. The highest BCUT2D eigenvalue weighted by Gasteiger charge is 2.27. The Morgan fingerprint density at radius 1 is 1.38 bits per heavy atom. The van der Waals surface area contributed by atoms with Crippen molar-refractivity contribution in [2.24, 2.45) is 5.73 Å². The fourth-order valence-corrected chi connectivity index (χ4v) is 1.13. The number of hydrogen-bond donors (Lipinski definition) is 3. The maximum Gasteiger partial charge on any atom is 0.405 e. The van der Waals surface area contributed by atoms with Crippen molar-refractivity contribution < 1.29 is 18.0 Å². The zero-order chi connectivity index (χ0) is 12.3. The zero-order valence-electron chi connectivity index (χ0n) is 8.14. The van der Waals surface area contributed by atoms with E-state index in [1.807, 2.05) is 0 Å². The van der Waals surface area contributed by atoms with Crippen molar-refractivity contribution in [1.29, 1.82) is 0 Å². The van der Waals surface area contributed by atoms with Gasteiger partial charge in [0.05, 0.1) is 16.9 Å². The van der Waals surface area contributed by atoms with Gasteiger partial charge in [-0.05, 0) is 12.1 Å². The van der Waals surface area contributed by atoms with Crippen LogP contribution >= 0.6 is 0 Å². The molecule has 0 bridgehead atoms. The van der Waals surface area contributed by atoms with Gasteiger partial charge in [-0.1, -0.05) is 6.07 Å². The Kier molecular flexibility index (Phi) is 3.26. The molecule has 7 heteroatoms. The first-order valence-corrected chi connectivity index (χ1v) is 4.30. The second kappa shape index (κ2) is 4.30. The summed E-state index contributed by atoms with van der Waals surface area (Å²) in [5.74, 6) is -0.784. The van der Waals surface area contributed by atoms with Crippen LogP contribution in [-0.4, -0.2) is 18.6 Å². The number of halogens is 3. The lowest BCUT2D eigenvalue weighted by molar-refractivity contribution is -0.115. The molecule has 0 fully saturated rings. The van der Waals surface area contributed by atoms with Gasteiger partial charge in [-0.3, -0.25) is 4.79 Å². The molecule has 0 aliphatic heterocycles. The third-order valence-corrected chi connectivity index (χ3v) is 1.85. The lowest BCUT2D eigenvalue weighted by atomic mass is 10.1. The number of carbonyl (C=O) groups excluding carboxylic acids is 1. The fourth-order valence-electron chi connectivity index (χ4n) is 1.13. The van der Waals surface area contributed by atoms with Crippen molar-refractivity contribution in [3.8, 4) is 0 Å². The number of para-hydroxylation sites is 1. The van der Waals surface area contributed by atoms with Gasteiger partial charge < -0.3 is 16.8 Å². The number of benzene rings is 1. The van der Waals surface area contributed by atoms with E-state index < -0.39 is 18.6 Å². The smallest absolute Gasteiger partial charge is 0.396 e. The van der Waals surface area contributed by atoms with Gasteiger partial charge in [0.2, 0.25) is 0 Å². The Balaban J connectivity index is 2.90. The third kappa shape index (κ3) is 3.04. The topological polar surface area (TPSA) is 81.1 Å². The summed E-state index contributed by atoms with van der Waals surface area (Å²) < 4.78 is 35.8. The summed E-state index contributed by atoms with van der Waals surface area (Å²) >= 11 is 0. The highest BCUT2D eigenvalue weighted by atomic mass is 19.4. The minimum absolute atomic E-state index is 0.00725. The van der Waals surface area contributed by atoms with Crippen molar-refractivity contribution in [2.75, 3.05) is 17.6 Å². The van der Waals surface area contributed by atoms with Crippen LogP contribution in [0.15, 0.2) is 18.2 Å². The van der Waals surface area contributed by atoms with Crippen LogP contribution in [-0.2, 0) is 0 Å². The standard InChI is InChI=1S/C9H10F3N3O/c10-9(11,12)4-15-6-3-1-2-5(7(6)13)8(14)16/h1-3,15H,4,13H2,(H2,14,16). The summed E-state index contributed by atoms with van der Waals surface area (Å²) in [7, 11) is 0. The normalized spacial score (nSPS) is 11.2. The average molecular weight is 233 g/mol. The molecule has 1 aromatic carbocycles. The van der Waals surface area contributed by atoms with E-state index in [0.717, 1.165) is 0 Å². The molecule has 0 aromatic heterocycles. The van der Waals surface area contributed by atoms with Gasteiger partial charge in [0, 0.05) is 0 Å². The second-order valence-corrected chi connectivity index (χ2v) is 3.10. The summed E-state index contributed by atoms with van der Waals surface area (Å²) in [5, 5.41) is 2.09. The molecule has 0 aliphatic carbocycles. The molecule has 0 heterocycles. The molecule has 0 saturated carbocycles. The van der Waals surface area contributed by atoms with E-state index in [1.165, 1.54) is 18.2 Å². The van der Waals surface area contributed by atoms with Crippen LogP contribution in [0.3, 0.4) is 0 Å². The maximum atomic E-state index is 11.9. The quantitative estimate of drug-likeness (QED) is 0.689. The molecule has 0 atom stereocenters. The predicted octanol–water partition coefficient (Wildman–Crippen LogP) is 1.34. The van der Waals surface area contributed by atoms with E-state index in [-0.39, 0.29) is 16.9 Å². The highest BCUT2D eigenvalue weighted by molar-refractivity contribution is 6.00. The fraction of sp³-hybridized carbons (Fsp3) is 0.222.